The fourth-order valence-electron chi connectivity index (χ4n) is 2.36. The molecule has 0 aliphatic carbocycles. The van der Waals surface area contributed by atoms with Gasteiger partial charge in [-0.2, -0.15) is 0 Å². The Morgan fingerprint density at radius 2 is 1.96 bits per heavy atom. The van der Waals surface area contributed by atoms with Crippen LogP contribution in [0, 0.1) is 6.92 Å². The van der Waals surface area contributed by atoms with Crippen molar-refractivity contribution in [2.24, 2.45) is 7.05 Å². The van der Waals surface area contributed by atoms with E-state index in [0.717, 1.165) is 11.1 Å². The van der Waals surface area contributed by atoms with Crippen molar-refractivity contribution in [1.82, 2.24) is 9.88 Å². The Labute approximate surface area is 141 Å². The molecule has 0 fully saturated rings. The number of nitrogens with one attached hydrogen (secondary N) is 2. The van der Waals surface area contributed by atoms with Gasteiger partial charge in [-0.15, -0.1) is 0 Å². The predicted octanol–water partition coefficient (Wildman–Crippen LogP) is 2.59. The largest absolute Gasteiger partial charge is 0.372 e. The van der Waals surface area contributed by atoms with Crippen molar-refractivity contribution in [3.8, 4) is 0 Å². The van der Waals surface area contributed by atoms with Crippen molar-refractivity contribution < 1.29 is 9.53 Å². The zero-order chi connectivity index (χ0) is 17.5. The van der Waals surface area contributed by atoms with Gasteiger partial charge < -0.3 is 19.9 Å². The number of rotatable bonds is 6. The standard InChI is InChI=1S/C18H23N3O3/c1-4-24-15(14-8-6-5-7-9-14)12-19-18(23)20-16-13(2)10-11-21(3)17(16)22/h5-11,15H,4,12H2,1-3H3,(H2,19,20,23)/t15-/m0/s1. The average molecular weight is 329 g/mol. The minimum Gasteiger partial charge on any atom is -0.372 e. The molecule has 1 heterocycles. The number of benzene rings is 1. The van der Waals surface area contributed by atoms with Crippen molar-refractivity contribution in [2.45, 2.75) is 20.0 Å². The highest BCUT2D eigenvalue weighted by molar-refractivity contribution is 5.89. The molecule has 0 saturated carbocycles. The van der Waals surface area contributed by atoms with Crippen molar-refractivity contribution in [3.05, 3.63) is 64.1 Å². The molecule has 0 aliphatic heterocycles. The lowest BCUT2D eigenvalue weighted by molar-refractivity contribution is 0.0643. The Balaban J connectivity index is 2.02. The number of ether oxygens (including phenoxy) is 1. The summed E-state index contributed by atoms with van der Waals surface area (Å²) in [6, 6.07) is 11.1. The summed E-state index contributed by atoms with van der Waals surface area (Å²) in [5.41, 5.74) is 1.75. The van der Waals surface area contributed by atoms with E-state index in [1.165, 1.54) is 4.57 Å². The number of hydrogen-bond acceptors (Lipinski definition) is 3. The normalized spacial score (nSPS) is 11.8. The van der Waals surface area contributed by atoms with Gasteiger partial charge in [-0.1, -0.05) is 30.3 Å². The van der Waals surface area contributed by atoms with Gasteiger partial charge in [-0.05, 0) is 31.0 Å². The summed E-state index contributed by atoms with van der Waals surface area (Å²) in [5, 5.41) is 5.39. The van der Waals surface area contributed by atoms with Gasteiger partial charge in [0.1, 0.15) is 5.69 Å². The molecule has 1 atom stereocenters. The number of nitrogens with zero attached hydrogens (tertiary/aromatic N) is 1. The smallest absolute Gasteiger partial charge is 0.319 e. The molecule has 6 heteroatoms. The van der Waals surface area contributed by atoms with Crippen LogP contribution in [0.4, 0.5) is 10.5 Å². The molecule has 0 bridgehead atoms. The molecule has 0 spiro atoms. The molecule has 0 aliphatic rings. The second-order valence-corrected chi connectivity index (χ2v) is 5.48. The van der Waals surface area contributed by atoms with Crippen LogP contribution in [0.3, 0.4) is 0 Å². The van der Waals surface area contributed by atoms with Crippen LogP contribution in [0.2, 0.25) is 0 Å². The first kappa shape index (κ1) is 17.7. The number of amides is 2. The maximum absolute atomic E-state index is 12.1. The van der Waals surface area contributed by atoms with Crippen LogP contribution >= 0.6 is 0 Å². The number of carbonyl (C=O) groups is 1. The number of aryl methyl sites for hydroxylation is 2. The lowest BCUT2D eigenvalue weighted by Gasteiger charge is -2.18. The van der Waals surface area contributed by atoms with Crippen LogP contribution in [-0.4, -0.2) is 23.7 Å². The van der Waals surface area contributed by atoms with Crippen molar-refractivity contribution in [3.63, 3.8) is 0 Å². The predicted molar refractivity (Wildman–Crippen MR) is 94.3 cm³/mol. The van der Waals surface area contributed by atoms with Gasteiger partial charge in [0.25, 0.3) is 5.56 Å². The van der Waals surface area contributed by atoms with Gasteiger partial charge in [0.05, 0.1) is 6.10 Å². The highest BCUT2D eigenvalue weighted by Gasteiger charge is 2.14. The number of aromatic nitrogens is 1. The third-order valence-corrected chi connectivity index (χ3v) is 3.70. The molecule has 0 unspecified atom stereocenters. The van der Waals surface area contributed by atoms with E-state index in [2.05, 4.69) is 10.6 Å². The molecule has 128 valence electrons. The van der Waals surface area contributed by atoms with E-state index < -0.39 is 6.03 Å². The first-order chi connectivity index (χ1) is 11.5. The Bertz CT molecular complexity index is 741. The van der Waals surface area contributed by atoms with Crippen LogP contribution in [0.15, 0.2) is 47.4 Å². The molecule has 2 N–H and O–H groups in total. The van der Waals surface area contributed by atoms with Crippen LogP contribution in [-0.2, 0) is 11.8 Å². The maximum atomic E-state index is 12.1. The molecule has 1 aromatic carbocycles. The minimum absolute atomic E-state index is 0.235. The lowest BCUT2D eigenvalue weighted by atomic mass is 10.1. The molecule has 1 aromatic heterocycles. The Kier molecular flexibility index (Phi) is 6.14. The first-order valence-corrected chi connectivity index (χ1v) is 7.90. The Morgan fingerprint density at radius 1 is 1.25 bits per heavy atom. The second kappa shape index (κ2) is 8.31. The van der Waals surface area contributed by atoms with Crippen LogP contribution < -0.4 is 16.2 Å². The number of urea groups is 1. The molecule has 0 saturated heterocycles. The van der Waals surface area contributed by atoms with Gasteiger partial charge in [0.15, 0.2) is 0 Å². The van der Waals surface area contributed by atoms with E-state index in [0.29, 0.717) is 13.2 Å². The molecule has 2 aromatic rings. The van der Waals surface area contributed by atoms with Crippen LogP contribution in [0.25, 0.3) is 0 Å². The Morgan fingerprint density at radius 3 is 2.62 bits per heavy atom. The summed E-state index contributed by atoms with van der Waals surface area (Å²) in [6.45, 7) is 4.55. The van der Waals surface area contributed by atoms with E-state index in [9.17, 15) is 9.59 Å². The molecule has 2 rings (SSSR count). The van der Waals surface area contributed by atoms with E-state index >= 15 is 0 Å². The van der Waals surface area contributed by atoms with Crippen LogP contribution in [0.5, 0.6) is 0 Å². The highest BCUT2D eigenvalue weighted by Crippen LogP contribution is 2.16. The van der Waals surface area contributed by atoms with E-state index in [4.69, 9.17) is 4.74 Å². The van der Waals surface area contributed by atoms with Crippen molar-refractivity contribution in [1.29, 1.82) is 0 Å². The summed E-state index contributed by atoms with van der Waals surface area (Å²) >= 11 is 0. The van der Waals surface area contributed by atoms with Crippen molar-refractivity contribution >= 4 is 11.7 Å². The fraction of sp³-hybridized carbons (Fsp3) is 0.333. The number of anilines is 1. The van der Waals surface area contributed by atoms with Crippen molar-refractivity contribution in [2.75, 3.05) is 18.5 Å². The summed E-state index contributed by atoms with van der Waals surface area (Å²) in [4.78, 5) is 24.2. The third-order valence-electron chi connectivity index (χ3n) is 3.70. The quantitative estimate of drug-likeness (QED) is 0.855. The minimum atomic E-state index is -0.429. The molecular formula is C18H23N3O3. The highest BCUT2D eigenvalue weighted by atomic mass is 16.5. The fourth-order valence-corrected chi connectivity index (χ4v) is 2.36. The van der Waals surface area contributed by atoms with Gasteiger partial charge in [-0.3, -0.25) is 4.79 Å². The van der Waals surface area contributed by atoms with Gasteiger partial charge >= 0.3 is 6.03 Å². The maximum Gasteiger partial charge on any atom is 0.319 e. The van der Waals surface area contributed by atoms with Crippen LogP contribution in [0.1, 0.15) is 24.2 Å². The van der Waals surface area contributed by atoms with Gasteiger partial charge in [0, 0.05) is 26.4 Å². The van der Waals surface area contributed by atoms with E-state index in [1.54, 1.807) is 26.2 Å². The molecule has 6 nitrogen and oxygen atoms in total. The Hall–Kier alpha value is -2.60. The zero-order valence-corrected chi connectivity index (χ0v) is 14.2. The van der Waals surface area contributed by atoms with Gasteiger partial charge in [0.2, 0.25) is 0 Å². The molecule has 24 heavy (non-hydrogen) atoms. The number of pyridine rings is 1. The summed E-state index contributed by atoms with van der Waals surface area (Å²) in [6.07, 6.45) is 1.43. The number of carbonyl (C=O) groups excluding carboxylic acids is 1. The third kappa shape index (κ3) is 4.45. The monoisotopic (exact) mass is 329 g/mol. The average Bonchev–Trinajstić information content (AvgIpc) is 2.59. The zero-order valence-electron chi connectivity index (χ0n) is 14.2. The molecular weight excluding hydrogens is 306 g/mol. The first-order valence-electron chi connectivity index (χ1n) is 7.90. The molecule has 2 amide bonds. The topological polar surface area (TPSA) is 72.4 Å². The number of hydrogen-bond donors (Lipinski definition) is 2. The second-order valence-electron chi connectivity index (χ2n) is 5.48. The van der Waals surface area contributed by atoms with E-state index in [1.807, 2.05) is 37.3 Å². The summed E-state index contributed by atoms with van der Waals surface area (Å²) in [7, 11) is 1.64. The van der Waals surface area contributed by atoms with Gasteiger partial charge in [-0.25, -0.2) is 4.79 Å². The lowest BCUT2D eigenvalue weighted by Crippen LogP contribution is -2.35. The van der Waals surface area contributed by atoms with E-state index in [-0.39, 0.29) is 17.4 Å². The summed E-state index contributed by atoms with van der Waals surface area (Å²) < 4.78 is 7.11. The summed E-state index contributed by atoms with van der Waals surface area (Å²) in [5.74, 6) is 0. The molecule has 0 radical (unpaired) electrons. The SMILES string of the molecule is CCO[C@@H](CNC(=O)Nc1c(C)ccn(C)c1=O)c1ccccc1.